The van der Waals surface area contributed by atoms with Crippen molar-refractivity contribution in [2.75, 3.05) is 0 Å². The molecule has 5 nitrogen and oxygen atoms in total. The molecule has 0 atom stereocenters. The van der Waals surface area contributed by atoms with Gasteiger partial charge in [-0.25, -0.2) is 9.98 Å². The number of carbonyl (C=O) groups is 2. The molecule has 0 aromatic carbocycles. The Balaban J connectivity index is 1.86. The maximum Gasteiger partial charge on any atom is 0.280 e. The average Bonchev–Trinajstić information content (AvgIpc) is 2.28. The molecule has 1 heterocycles. The lowest BCUT2D eigenvalue weighted by Crippen LogP contribution is -2.22. The zero-order chi connectivity index (χ0) is 12.5. The van der Waals surface area contributed by atoms with E-state index < -0.39 is 0 Å². The lowest BCUT2D eigenvalue weighted by molar-refractivity contribution is -0.123. The standard InChI is InChI=1S/C13H11N3O2/c17-12(8-2-1-3-8)16-9-4-5-11-10(6-9)13(18)15-7-14-11/h4-8H,1-3H2. The quantitative estimate of drug-likeness (QED) is 0.648. The summed E-state index contributed by atoms with van der Waals surface area (Å²) < 4.78 is 0. The average molecular weight is 241 g/mol. The molecule has 90 valence electrons. The Labute approximate surface area is 104 Å². The smallest absolute Gasteiger partial charge is 0.272 e. The van der Waals surface area contributed by atoms with Gasteiger partial charge < -0.3 is 0 Å². The van der Waals surface area contributed by atoms with Crippen LogP contribution in [-0.4, -0.2) is 29.6 Å². The summed E-state index contributed by atoms with van der Waals surface area (Å²) in [5.74, 6) is -0.363. The zero-order valence-electron chi connectivity index (χ0n) is 9.67. The van der Waals surface area contributed by atoms with Crippen LogP contribution >= 0.6 is 0 Å². The molecule has 0 spiro atoms. The van der Waals surface area contributed by atoms with Crippen LogP contribution in [0.2, 0.25) is 0 Å². The summed E-state index contributed by atoms with van der Waals surface area (Å²) >= 11 is 0. The number of amides is 2. The van der Waals surface area contributed by atoms with Gasteiger partial charge in [-0.1, -0.05) is 6.42 Å². The van der Waals surface area contributed by atoms with Crippen LogP contribution in [0.25, 0.3) is 0 Å². The van der Waals surface area contributed by atoms with Crippen LogP contribution < -0.4 is 0 Å². The van der Waals surface area contributed by atoms with E-state index >= 15 is 0 Å². The zero-order valence-corrected chi connectivity index (χ0v) is 9.67. The van der Waals surface area contributed by atoms with Crippen molar-refractivity contribution in [3.05, 3.63) is 23.8 Å². The largest absolute Gasteiger partial charge is 0.280 e. The number of carbonyl (C=O) groups excluding carboxylic acids is 2. The Morgan fingerprint density at radius 1 is 1.33 bits per heavy atom. The molecule has 0 bridgehead atoms. The molecule has 0 N–H and O–H groups in total. The van der Waals surface area contributed by atoms with E-state index in [0.717, 1.165) is 19.3 Å². The second-order valence-electron chi connectivity index (χ2n) is 4.46. The Kier molecular flexibility index (Phi) is 2.59. The lowest BCUT2D eigenvalue weighted by atomic mass is 9.85. The van der Waals surface area contributed by atoms with Gasteiger partial charge >= 0.3 is 0 Å². The third-order valence-electron chi connectivity index (χ3n) is 3.28. The summed E-state index contributed by atoms with van der Waals surface area (Å²) in [7, 11) is 0. The molecule has 0 aromatic heterocycles. The summed E-state index contributed by atoms with van der Waals surface area (Å²) in [5.41, 5.74) is 1.48. The minimum Gasteiger partial charge on any atom is -0.272 e. The van der Waals surface area contributed by atoms with Crippen LogP contribution in [0.3, 0.4) is 0 Å². The van der Waals surface area contributed by atoms with E-state index in [4.69, 9.17) is 0 Å². The van der Waals surface area contributed by atoms with E-state index in [-0.39, 0.29) is 17.7 Å². The van der Waals surface area contributed by atoms with E-state index in [9.17, 15) is 9.59 Å². The summed E-state index contributed by atoms with van der Waals surface area (Å²) in [6, 6.07) is 0. The molecule has 2 aliphatic carbocycles. The maximum atomic E-state index is 11.7. The Bertz CT molecular complexity index is 575. The van der Waals surface area contributed by atoms with Crippen LogP contribution in [0.4, 0.5) is 0 Å². The van der Waals surface area contributed by atoms with Gasteiger partial charge in [0.15, 0.2) is 0 Å². The van der Waals surface area contributed by atoms with E-state index in [1.807, 2.05) is 0 Å². The highest BCUT2D eigenvalue weighted by atomic mass is 16.2. The van der Waals surface area contributed by atoms with Crippen molar-refractivity contribution in [1.29, 1.82) is 0 Å². The van der Waals surface area contributed by atoms with Gasteiger partial charge in [0.05, 0.1) is 17.0 Å². The first-order valence-corrected chi connectivity index (χ1v) is 5.91. The van der Waals surface area contributed by atoms with Crippen LogP contribution in [-0.2, 0) is 9.59 Å². The first-order chi connectivity index (χ1) is 8.74. The van der Waals surface area contributed by atoms with Crippen molar-refractivity contribution in [2.45, 2.75) is 19.3 Å². The van der Waals surface area contributed by atoms with Crippen molar-refractivity contribution in [2.24, 2.45) is 20.9 Å². The molecule has 0 radical (unpaired) electrons. The molecule has 3 rings (SSSR count). The molecule has 1 fully saturated rings. The van der Waals surface area contributed by atoms with E-state index in [0.29, 0.717) is 17.0 Å². The Morgan fingerprint density at radius 3 is 2.89 bits per heavy atom. The van der Waals surface area contributed by atoms with Crippen LogP contribution in [0.1, 0.15) is 19.3 Å². The molecular weight excluding hydrogens is 230 g/mol. The normalized spacial score (nSPS) is 24.4. The summed E-state index contributed by atoms with van der Waals surface area (Å²) in [6.45, 7) is 0. The summed E-state index contributed by atoms with van der Waals surface area (Å²) in [4.78, 5) is 34.9. The SMILES string of the molecule is O=C1N=CN=C2C=CC(=NC(=O)C3CCC3)C=C12. The van der Waals surface area contributed by atoms with Gasteiger partial charge in [0, 0.05) is 5.92 Å². The van der Waals surface area contributed by atoms with E-state index in [2.05, 4.69) is 15.0 Å². The van der Waals surface area contributed by atoms with Crippen LogP contribution in [0.5, 0.6) is 0 Å². The van der Waals surface area contributed by atoms with Gasteiger partial charge in [0.1, 0.15) is 6.34 Å². The lowest BCUT2D eigenvalue weighted by Gasteiger charge is -2.21. The second kappa shape index (κ2) is 4.25. The number of nitrogens with zero attached hydrogens (tertiary/aromatic N) is 3. The monoisotopic (exact) mass is 241 g/mol. The fourth-order valence-electron chi connectivity index (χ4n) is 1.96. The predicted octanol–water partition coefficient (Wildman–Crippen LogP) is 1.26. The van der Waals surface area contributed by atoms with Gasteiger partial charge in [-0.2, -0.15) is 4.99 Å². The molecule has 0 unspecified atom stereocenters. The molecule has 3 aliphatic rings. The van der Waals surface area contributed by atoms with E-state index in [1.165, 1.54) is 6.34 Å². The van der Waals surface area contributed by atoms with Crippen molar-refractivity contribution in [3.8, 4) is 0 Å². The number of rotatable bonds is 1. The number of allylic oxidation sites excluding steroid dienone is 3. The summed E-state index contributed by atoms with van der Waals surface area (Å²) in [5, 5.41) is 0. The molecule has 0 saturated heterocycles. The van der Waals surface area contributed by atoms with Crippen molar-refractivity contribution in [1.82, 2.24) is 0 Å². The number of fused-ring (bicyclic) bond motifs is 1. The van der Waals surface area contributed by atoms with Crippen molar-refractivity contribution in [3.63, 3.8) is 0 Å². The highest BCUT2D eigenvalue weighted by molar-refractivity contribution is 6.36. The number of hydrogen-bond acceptors (Lipinski definition) is 3. The highest BCUT2D eigenvalue weighted by Gasteiger charge is 2.26. The van der Waals surface area contributed by atoms with Crippen LogP contribution in [0.15, 0.2) is 38.8 Å². The first-order valence-electron chi connectivity index (χ1n) is 5.91. The molecular formula is C13H11N3O2. The minimum atomic E-state index is -0.340. The number of aliphatic imine (C=N–C) groups is 3. The van der Waals surface area contributed by atoms with Gasteiger partial charge in [-0.3, -0.25) is 9.59 Å². The molecule has 5 heteroatoms. The third-order valence-corrected chi connectivity index (χ3v) is 3.28. The van der Waals surface area contributed by atoms with Gasteiger partial charge in [0.2, 0.25) is 5.91 Å². The van der Waals surface area contributed by atoms with Crippen molar-refractivity contribution >= 4 is 29.6 Å². The fraction of sp³-hybridized carbons (Fsp3) is 0.308. The molecule has 1 aliphatic heterocycles. The molecule has 18 heavy (non-hydrogen) atoms. The predicted molar refractivity (Wildman–Crippen MR) is 67.9 cm³/mol. The third kappa shape index (κ3) is 1.88. The number of hydrogen-bond donors (Lipinski definition) is 0. The highest BCUT2D eigenvalue weighted by Crippen LogP contribution is 2.27. The Morgan fingerprint density at radius 2 is 2.17 bits per heavy atom. The van der Waals surface area contributed by atoms with Gasteiger partial charge in [-0.15, -0.1) is 0 Å². The molecule has 2 amide bonds. The second-order valence-corrected chi connectivity index (χ2v) is 4.46. The van der Waals surface area contributed by atoms with Gasteiger partial charge in [-0.05, 0) is 31.1 Å². The topological polar surface area (TPSA) is 71.2 Å². The Hall–Kier alpha value is -2.17. The first kappa shape index (κ1) is 11.0. The van der Waals surface area contributed by atoms with Gasteiger partial charge in [0.25, 0.3) is 5.91 Å². The van der Waals surface area contributed by atoms with Crippen molar-refractivity contribution < 1.29 is 9.59 Å². The van der Waals surface area contributed by atoms with Crippen LogP contribution in [0, 0.1) is 5.92 Å². The molecule has 1 saturated carbocycles. The fourth-order valence-corrected chi connectivity index (χ4v) is 1.96. The maximum absolute atomic E-state index is 11.7. The minimum absolute atomic E-state index is 0.0689. The summed E-state index contributed by atoms with van der Waals surface area (Å²) in [6.07, 6.45) is 9.14. The van der Waals surface area contributed by atoms with E-state index in [1.54, 1.807) is 18.2 Å². The molecule has 0 aromatic rings.